The molecule has 1 saturated carbocycles. The molecular weight excluding hydrogens is 318 g/mol. The van der Waals surface area contributed by atoms with Crippen molar-refractivity contribution in [2.75, 3.05) is 0 Å². The van der Waals surface area contributed by atoms with Crippen molar-refractivity contribution in [3.05, 3.63) is 54.4 Å². The highest BCUT2D eigenvalue weighted by Crippen LogP contribution is 2.32. The molecule has 1 aliphatic carbocycles. The third-order valence-electron chi connectivity index (χ3n) is 4.42. The predicted octanol–water partition coefficient (Wildman–Crippen LogP) is 3.33. The Balaban J connectivity index is 1.41. The molecule has 6 nitrogen and oxygen atoms in total. The number of oxazole rings is 1. The highest BCUT2D eigenvalue weighted by atomic mass is 16.5. The lowest BCUT2D eigenvalue weighted by Crippen LogP contribution is -2.34. The summed E-state index contributed by atoms with van der Waals surface area (Å²) in [7, 11) is 0. The zero-order valence-electron chi connectivity index (χ0n) is 13.9. The summed E-state index contributed by atoms with van der Waals surface area (Å²) in [5.41, 5.74) is 1.06. The lowest BCUT2D eigenvalue weighted by atomic mass is 10.2. The number of para-hydroxylation sites is 1. The van der Waals surface area contributed by atoms with Gasteiger partial charge < -0.3 is 14.5 Å². The molecule has 1 fully saturated rings. The van der Waals surface area contributed by atoms with Crippen molar-refractivity contribution in [2.24, 2.45) is 5.92 Å². The molecule has 1 N–H and O–H groups in total. The van der Waals surface area contributed by atoms with E-state index in [1.807, 2.05) is 37.3 Å². The number of carbonyl (C=O) groups excluding carboxylic acids is 1. The van der Waals surface area contributed by atoms with Gasteiger partial charge >= 0.3 is 0 Å². The molecule has 1 amide bonds. The summed E-state index contributed by atoms with van der Waals surface area (Å²) in [5, 5.41) is 3.96. The van der Waals surface area contributed by atoms with Crippen molar-refractivity contribution in [3.63, 3.8) is 0 Å². The number of pyridine rings is 1. The van der Waals surface area contributed by atoms with Gasteiger partial charge in [-0.25, -0.2) is 4.98 Å². The molecule has 1 aromatic carbocycles. The molecule has 25 heavy (non-hydrogen) atoms. The number of nitrogens with one attached hydrogen (secondary N) is 1. The highest BCUT2D eigenvalue weighted by molar-refractivity contribution is 5.92. The van der Waals surface area contributed by atoms with Gasteiger partial charge in [-0.05, 0) is 37.8 Å². The topological polar surface area (TPSA) is 77.2 Å². The molecule has 1 unspecified atom stereocenters. The number of rotatable bonds is 6. The second kappa shape index (κ2) is 6.55. The number of carbonyl (C=O) groups is 1. The first-order valence-electron chi connectivity index (χ1n) is 8.42. The smallest absolute Gasteiger partial charge is 0.273 e. The van der Waals surface area contributed by atoms with Crippen LogP contribution in [0, 0.1) is 5.92 Å². The first kappa shape index (κ1) is 15.6. The Hall–Kier alpha value is -2.89. The lowest BCUT2D eigenvalue weighted by molar-refractivity contribution is 0.0930. The zero-order valence-corrected chi connectivity index (χ0v) is 13.9. The van der Waals surface area contributed by atoms with Crippen LogP contribution in [-0.4, -0.2) is 21.9 Å². The molecule has 0 saturated heterocycles. The van der Waals surface area contributed by atoms with Crippen molar-refractivity contribution in [2.45, 2.75) is 32.4 Å². The van der Waals surface area contributed by atoms with Crippen molar-refractivity contribution in [1.29, 1.82) is 0 Å². The first-order chi connectivity index (χ1) is 12.2. The summed E-state index contributed by atoms with van der Waals surface area (Å²) in [6.07, 6.45) is 5.45. The normalized spacial score (nSPS) is 15.1. The molecule has 1 atom stereocenters. The first-order valence-corrected chi connectivity index (χ1v) is 8.42. The van der Waals surface area contributed by atoms with Crippen LogP contribution in [-0.2, 0) is 6.61 Å². The van der Waals surface area contributed by atoms with E-state index in [0.717, 1.165) is 10.9 Å². The average Bonchev–Trinajstić information content (AvgIpc) is 3.38. The number of benzene rings is 1. The summed E-state index contributed by atoms with van der Waals surface area (Å²) in [4.78, 5) is 20.7. The van der Waals surface area contributed by atoms with E-state index < -0.39 is 0 Å². The molecule has 4 rings (SSSR count). The molecule has 0 bridgehead atoms. The second-order valence-electron chi connectivity index (χ2n) is 6.35. The molecule has 1 aliphatic rings. The highest BCUT2D eigenvalue weighted by Gasteiger charge is 2.29. The van der Waals surface area contributed by atoms with E-state index >= 15 is 0 Å². The van der Waals surface area contributed by atoms with Crippen LogP contribution in [0.1, 0.15) is 36.1 Å². The van der Waals surface area contributed by atoms with Crippen molar-refractivity contribution < 1.29 is 13.9 Å². The van der Waals surface area contributed by atoms with Gasteiger partial charge in [0.2, 0.25) is 5.89 Å². The molecule has 6 heteroatoms. The van der Waals surface area contributed by atoms with E-state index in [1.165, 1.54) is 19.1 Å². The number of hydrogen-bond acceptors (Lipinski definition) is 5. The Bertz CT molecular complexity index is 896. The molecule has 3 aromatic rings. The van der Waals surface area contributed by atoms with Gasteiger partial charge in [-0.2, -0.15) is 0 Å². The van der Waals surface area contributed by atoms with Crippen LogP contribution in [0.25, 0.3) is 10.9 Å². The van der Waals surface area contributed by atoms with Crippen molar-refractivity contribution in [1.82, 2.24) is 15.3 Å². The molecule has 0 spiro atoms. The Kier molecular flexibility index (Phi) is 4.09. The van der Waals surface area contributed by atoms with Gasteiger partial charge in [-0.15, -0.1) is 0 Å². The quantitative estimate of drug-likeness (QED) is 0.746. The van der Waals surface area contributed by atoms with Crippen LogP contribution in [0.2, 0.25) is 0 Å². The monoisotopic (exact) mass is 337 g/mol. The standard InChI is InChI=1S/C19H19N3O3/c1-12(13-7-8-13)21-19(23)15-10-25-17(22-15)11-24-16-6-2-4-14-5-3-9-20-18(14)16/h2-6,9-10,12-13H,7-8,11H2,1H3,(H,21,23). The second-order valence-corrected chi connectivity index (χ2v) is 6.35. The number of ether oxygens (including phenoxy) is 1. The van der Waals surface area contributed by atoms with E-state index in [9.17, 15) is 4.79 Å². The van der Waals surface area contributed by atoms with E-state index in [4.69, 9.17) is 9.15 Å². The number of fused-ring (bicyclic) bond motifs is 1. The number of aromatic nitrogens is 2. The van der Waals surface area contributed by atoms with E-state index in [0.29, 0.717) is 17.6 Å². The van der Waals surface area contributed by atoms with Gasteiger partial charge in [0.25, 0.3) is 5.91 Å². The van der Waals surface area contributed by atoms with Gasteiger partial charge in [0.15, 0.2) is 12.3 Å². The summed E-state index contributed by atoms with van der Waals surface area (Å²) in [6.45, 7) is 2.16. The minimum atomic E-state index is -0.207. The largest absolute Gasteiger partial charge is 0.482 e. The van der Waals surface area contributed by atoms with Gasteiger partial charge in [-0.1, -0.05) is 18.2 Å². The maximum atomic E-state index is 12.2. The molecular formula is C19H19N3O3. The van der Waals surface area contributed by atoms with Crippen molar-refractivity contribution >= 4 is 16.8 Å². The minimum Gasteiger partial charge on any atom is -0.482 e. The molecule has 2 aromatic heterocycles. The maximum absolute atomic E-state index is 12.2. The SMILES string of the molecule is CC(NC(=O)c1coc(COc2cccc3cccnc23)n1)C1CC1. The summed E-state index contributed by atoms with van der Waals surface area (Å²) in [6, 6.07) is 9.77. The predicted molar refractivity (Wildman–Crippen MR) is 92.2 cm³/mol. The van der Waals surface area contributed by atoms with Crippen molar-refractivity contribution in [3.8, 4) is 5.75 Å². The summed E-state index contributed by atoms with van der Waals surface area (Å²) < 4.78 is 11.1. The van der Waals surface area contributed by atoms with Gasteiger partial charge in [0.1, 0.15) is 17.5 Å². The van der Waals surface area contributed by atoms with E-state index in [2.05, 4.69) is 15.3 Å². The van der Waals surface area contributed by atoms with Gasteiger partial charge in [0, 0.05) is 17.6 Å². The summed E-state index contributed by atoms with van der Waals surface area (Å²) in [5.74, 6) is 1.40. The van der Waals surface area contributed by atoms with Crippen LogP contribution in [0.3, 0.4) is 0 Å². The van der Waals surface area contributed by atoms with Crippen LogP contribution in [0.15, 0.2) is 47.2 Å². The third kappa shape index (κ3) is 3.47. The van der Waals surface area contributed by atoms with Gasteiger partial charge in [-0.3, -0.25) is 9.78 Å². The number of nitrogens with zero attached hydrogens (tertiary/aromatic N) is 2. The van der Waals surface area contributed by atoms with Crippen LogP contribution in [0.5, 0.6) is 5.75 Å². The van der Waals surface area contributed by atoms with E-state index in [-0.39, 0.29) is 24.2 Å². The Labute approximate surface area is 145 Å². The molecule has 0 radical (unpaired) electrons. The lowest BCUT2D eigenvalue weighted by Gasteiger charge is -2.10. The van der Waals surface area contributed by atoms with E-state index in [1.54, 1.807) is 6.20 Å². The third-order valence-corrected chi connectivity index (χ3v) is 4.42. The number of hydrogen-bond donors (Lipinski definition) is 1. The molecule has 0 aliphatic heterocycles. The number of amides is 1. The Morgan fingerprint density at radius 2 is 2.20 bits per heavy atom. The Morgan fingerprint density at radius 3 is 3.04 bits per heavy atom. The molecule has 2 heterocycles. The molecule has 128 valence electrons. The maximum Gasteiger partial charge on any atom is 0.273 e. The zero-order chi connectivity index (χ0) is 17.2. The van der Waals surface area contributed by atoms with Crippen LogP contribution >= 0.6 is 0 Å². The average molecular weight is 337 g/mol. The minimum absolute atomic E-state index is 0.140. The fourth-order valence-electron chi connectivity index (χ4n) is 2.81. The van der Waals surface area contributed by atoms with Crippen LogP contribution < -0.4 is 10.1 Å². The Morgan fingerprint density at radius 1 is 1.36 bits per heavy atom. The fourth-order valence-corrected chi connectivity index (χ4v) is 2.81. The summed E-state index contributed by atoms with van der Waals surface area (Å²) >= 11 is 0. The van der Waals surface area contributed by atoms with Crippen LogP contribution in [0.4, 0.5) is 0 Å². The van der Waals surface area contributed by atoms with Gasteiger partial charge in [0.05, 0.1) is 0 Å². The fraction of sp³-hybridized carbons (Fsp3) is 0.316.